The molecule has 10 nitrogen and oxygen atoms in total. The van der Waals surface area contributed by atoms with E-state index < -0.39 is 6.10 Å². The van der Waals surface area contributed by atoms with E-state index in [9.17, 15) is 5.11 Å². The summed E-state index contributed by atoms with van der Waals surface area (Å²) in [7, 11) is 1.80. The summed E-state index contributed by atoms with van der Waals surface area (Å²) in [5.74, 6) is 3.34. The van der Waals surface area contributed by atoms with Crippen molar-refractivity contribution in [1.82, 2.24) is 15.3 Å². The third-order valence-electron chi connectivity index (χ3n) is 6.77. The Bertz CT molecular complexity index is 1000. The maximum Gasteiger partial charge on any atom is 0.164 e. The van der Waals surface area contributed by atoms with Gasteiger partial charge in [-0.05, 0) is 32.5 Å². The first kappa shape index (κ1) is 24.2. The number of morpholine rings is 1. The summed E-state index contributed by atoms with van der Waals surface area (Å²) in [5, 5.41) is 16.6. The number of aromatic nitrogens is 2. The minimum absolute atomic E-state index is 0.125. The second kappa shape index (κ2) is 11.0. The van der Waals surface area contributed by atoms with Crippen LogP contribution in [0.1, 0.15) is 12.0 Å². The van der Waals surface area contributed by atoms with Gasteiger partial charge in [0.15, 0.2) is 12.1 Å². The highest BCUT2D eigenvalue weighted by Gasteiger charge is 2.42. The number of rotatable bonds is 9. The minimum atomic E-state index is -0.583. The Morgan fingerprint density at radius 1 is 1.20 bits per heavy atom. The summed E-state index contributed by atoms with van der Waals surface area (Å²) in [6, 6.07) is 7.84. The normalized spacial score (nSPS) is 24.9. The Kier molecular flexibility index (Phi) is 7.64. The molecule has 3 aliphatic rings. The number of anilines is 2. The lowest BCUT2D eigenvalue weighted by atomic mass is 10.0. The summed E-state index contributed by atoms with van der Waals surface area (Å²) in [6.07, 6.45) is 0.272. The average Bonchev–Trinajstić information content (AvgIpc) is 3.50. The van der Waals surface area contributed by atoms with Gasteiger partial charge in [0.25, 0.3) is 0 Å². The van der Waals surface area contributed by atoms with Crippen molar-refractivity contribution in [3.63, 3.8) is 0 Å². The number of fused-ring (bicyclic) bond motifs is 1. The maximum absolute atomic E-state index is 9.99. The number of aliphatic hydroxyl groups is 1. The maximum atomic E-state index is 9.99. The Balaban J connectivity index is 1.43. The van der Waals surface area contributed by atoms with E-state index in [2.05, 4.69) is 22.5 Å². The van der Waals surface area contributed by atoms with E-state index >= 15 is 0 Å². The molecule has 4 atom stereocenters. The molecule has 0 aliphatic carbocycles. The lowest BCUT2D eigenvalue weighted by Crippen LogP contribution is -2.37. The first-order chi connectivity index (χ1) is 17.1. The highest BCUT2D eigenvalue weighted by Crippen LogP contribution is 2.35. The van der Waals surface area contributed by atoms with Gasteiger partial charge in [-0.1, -0.05) is 12.1 Å². The van der Waals surface area contributed by atoms with E-state index in [0.29, 0.717) is 43.9 Å². The molecule has 0 saturated carbocycles. The van der Waals surface area contributed by atoms with Crippen molar-refractivity contribution in [1.29, 1.82) is 0 Å². The lowest BCUT2D eigenvalue weighted by Gasteiger charge is -2.30. The highest BCUT2D eigenvalue weighted by molar-refractivity contribution is 5.67. The molecule has 2 aromatic rings. The van der Waals surface area contributed by atoms with E-state index in [-0.39, 0.29) is 18.9 Å². The van der Waals surface area contributed by atoms with Crippen LogP contribution in [-0.4, -0.2) is 93.2 Å². The fraction of sp³-hybridized carbons (Fsp3) is 0.600. The standard InChI is InChI=1S/C25H35N5O5/c1-16-22(27-21-15-35-25-20(21)6-9-33-25)28-23(29-24(16)30-7-10-32-11-8-30)17-4-3-5-19(12-17)34-14-18(31)13-26-2/h3-5,12,18,20-21,25-26,31H,6-11,13-15H2,1-2H3,(H,27,28,29)/t18?,20-,21-,25+/m0/s1. The predicted molar refractivity (Wildman–Crippen MR) is 132 cm³/mol. The molecule has 1 aromatic heterocycles. The van der Waals surface area contributed by atoms with Gasteiger partial charge in [0, 0.05) is 36.7 Å². The smallest absolute Gasteiger partial charge is 0.164 e. The Hall–Kier alpha value is -2.50. The molecule has 0 amide bonds. The number of hydrogen-bond donors (Lipinski definition) is 3. The number of hydrogen-bond acceptors (Lipinski definition) is 10. The van der Waals surface area contributed by atoms with Crippen molar-refractivity contribution in [3.05, 3.63) is 29.8 Å². The van der Waals surface area contributed by atoms with Crippen LogP contribution < -0.4 is 20.3 Å². The first-order valence-corrected chi connectivity index (χ1v) is 12.4. The minimum Gasteiger partial charge on any atom is -0.491 e. The fourth-order valence-corrected chi connectivity index (χ4v) is 4.86. The van der Waals surface area contributed by atoms with E-state index in [1.807, 2.05) is 24.3 Å². The van der Waals surface area contributed by atoms with Gasteiger partial charge >= 0.3 is 0 Å². The van der Waals surface area contributed by atoms with Gasteiger partial charge in [-0.3, -0.25) is 0 Å². The second-order valence-electron chi connectivity index (χ2n) is 9.27. The van der Waals surface area contributed by atoms with Gasteiger partial charge in [0.05, 0.1) is 32.5 Å². The number of nitrogens with one attached hydrogen (secondary N) is 2. The summed E-state index contributed by atoms with van der Waals surface area (Å²) in [6.45, 7) is 7.00. The van der Waals surface area contributed by atoms with Crippen molar-refractivity contribution in [2.75, 3.05) is 69.9 Å². The van der Waals surface area contributed by atoms with Gasteiger partial charge < -0.3 is 39.6 Å². The van der Waals surface area contributed by atoms with E-state index in [1.165, 1.54) is 0 Å². The molecule has 5 rings (SSSR count). The predicted octanol–water partition coefficient (Wildman–Crippen LogP) is 1.42. The summed E-state index contributed by atoms with van der Waals surface area (Å²) in [4.78, 5) is 12.2. The van der Waals surface area contributed by atoms with Crippen LogP contribution in [0.2, 0.25) is 0 Å². The largest absolute Gasteiger partial charge is 0.491 e. The van der Waals surface area contributed by atoms with Crippen LogP contribution >= 0.6 is 0 Å². The summed E-state index contributed by atoms with van der Waals surface area (Å²) >= 11 is 0. The molecule has 3 saturated heterocycles. The molecular weight excluding hydrogens is 450 g/mol. The lowest BCUT2D eigenvalue weighted by molar-refractivity contribution is -0.0904. The van der Waals surface area contributed by atoms with Crippen LogP contribution in [0.4, 0.5) is 11.6 Å². The van der Waals surface area contributed by atoms with Crippen LogP contribution in [0.5, 0.6) is 5.75 Å². The number of nitrogens with zero attached hydrogens (tertiary/aromatic N) is 3. The van der Waals surface area contributed by atoms with Gasteiger partial charge in [-0.25, -0.2) is 9.97 Å². The van der Waals surface area contributed by atoms with E-state index in [1.54, 1.807) is 7.05 Å². The van der Waals surface area contributed by atoms with Gasteiger partial charge in [-0.15, -0.1) is 0 Å². The number of aliphatic hydroxyl groups excluding tert-OH is 1. The van der Waals surface area contributed by atoms with Gasteiger partial charge in [0.2, 0.25) is 0 Å². The fourth-order valence-electron chi connectivity index (χ4n) is 4.86. The third-order valence-corrected chi connectivity index (χ3v) is 6.77. The molecule has 1 unspecified atom stereocenters. The molecule has 3 aliphatic heterocycles. The number of likely N-dealkylation sites (N-methyl/N-ethyl adjacent to an activating group) is 1. The van der Waals surface area contributed by atoms with Gasteiger partial charge in [0.1, 0.15) is 30.1 Å². The Morgan fingerprint density at radius 3 is 2.89 bits per heavy atom. The second-order valence-corrected chi connectivity index (χ2v) is 9.27. The first-order valence-electron chi connectivity index (χ1n) is 12.4. The van der Waals surface area contributed by atoms with E-state index in [4.69, 9.17) is 28.9 Å². The molecular formula is C25H35N5O5. The van der Waals surface area contributed by atoms with Crippen molar-refractivity contribution in [2.24, 2.45) is 5.92 Å². The van der Waals surface area contributed by atoms with E-state index in [0.717, 1.165) is 48.9 Å². The third kappa shape index (κ3) is 5.52. The molecule has 35 heavy (non-hydrogen) atoms. The Labute approximate surface area is 205 Å². The molecule has 3 fully saturated rings. The van der Waals surface area contributed by atoms with Crippen LogP contribution in [0.15, 0.2) is 24.3 Å². The SMILES string of the molecule is CNCC(O)COc1cccc(-c2nc(N[C@H]3CO[C@H]4OCC[C@H]43)c(C)c(N3CCOCC3)n2)c1. The zero-order valence-corrected chi connectivity index (χ0v) is 20.4. The molecule has 1 aromatic carbocycles. The van der Waals surface area contributed by atoms with Crippen molar-refractivity contribution < 1.29 is 24.1 Å². The monoisotopic (exact) mass is 485 g/mol. The number of benzene rings is 1. The molecule has 3 N–H and O–H groups in total. The molecule has 4 heterocycles. The summed E-state index contributed by atoms with van der Waals surface area (Å²) in [5.41, 5.74) is 1.87. The van der Waals surface area contributed by atoms with Crippen LogP contribution in [0.3, 0.4) is 0 Å². The van der Waals surface area contributed by atoms with Crippen molar-refractivity contribution >= 4 is 11.6 Å². The Morgan fingerprint density at radius 2 is 2.06 bits per heavy atom. The quantitative estimate of drug-likeness (QED) is 0.482. The van der Waals surface area contributed by atoms with Crippen LogP contribution in [-0.2, 0) is 14.2 Å². The summed E-state index contributed by atoms with van der Waals surface area (Å²) < 4.78 is 22.9. The van der Waals surface area contributed by atoms with Crippen molar-refractivity contribution in [3.8, 4) is 17.1 Å². The van der Waals surface area contributed by atoms with Crippen LogP contribution in [0, 0.1) is 12.8 Å². The molecule has 10 heteroatoms. The molecule has 0 spiro atoms. The molecule has 0 bridgehead atoms. The van der Waals surface area contributed by atoms with Crippen LogP contribution in [0.25, 0.3) is 11.4 Å². The topological polar surface area (TPSA) is 110 Å². The number of ether oxygens (including phenoxy) is 4. The molecule has 190 valence electrons. The average molecular weight is 486 g/mol. The van der Waals surface area contributed by atoms with Crippen molar-refractivity contribution in [2.45, 2.75) is 31.8 Å². The highest BCUT2D eigenvalue weighted by atomic mass is 16.7. The zero-order chi connectivity index (χ0) is 24.2. The van der Waals surface area contributed by atoms with Gasteiger partial charge in [-0.2, -0.15) is 0 Å². The molecule has 0 radical (unpaired) electrons. The zero-order valence-electron chi connectivity index (χ0n) is 20.4.